The van der Waals surface area contributed by atoms with Gasteiger partial charge in [0.05, 0.1) is 0 Å². The molecule has 6 rings (SSSR count). The Morgan fingerprint density at radius 1 is 0.651 bits per heavy atom. The van der Waals surface area contributed by atoms with Gasteiger partial charge in [0.25, 0.3) is 0 Å². The van der Waals surface area contributed by atoms with Crippen LogP contribution in [0.25, 0.3) is 0 Å². The van der Waals surface area contributed by atoms with E-state index in [1.165, 1.54) is 69.8 Å². The van der Waals surface area contributed by atoms with Crippen LogP contribution in [-0.4, -0.2) is 0 Å². The van der Waals surface area contributed by atoms with Crippen LogP contribution in [0.4, 0.5) is 0 Å². The van der Waals surface area contributed by atoms with Crippen LogP contribution in [-0.2, 0) is 32.6 Å². The first kappa shape index (κ1) is 40.5. The van der Waals surface area contributed by atoms with Gasteiger partial charge in [-0.1, -0.05) is 98.5 Å². The van der Waals surface area contributed by atoms with Crippen molar-refractivity contribution in [2.45, 2.75) is 64.2 Å². The van der Waals surface area contributed by atoms with Gasteiger partial charge < -0.3 is 14.9 Å². The quantitative estimate of drug-likeness (QED) is 0.184. The minimum absolute atomic E-state index is 0. The average molecular weight is 652 g/mol. The zero-order valence-corrected chi connectivity index (χ0v) is 29.5. The summed E-state index contributed by atoms with van der Waals surface area (Å²) in [6, 6.07) is 30.7. The van der Waals surface area contributed by atoms with Gasteiger partial charge in [0.15, 0.2) is 0 Å². The molecule has 0 aromatic heterocycles. The van der Waals surface area contributed by atoms with E-state index < -0.39 is 0 Å². The third-order valence-electron chi connectivity index (χ3n) is 8.30. The van der Waals surface area contributed by atoms with Gasteiger partial charge in [-0.05, 0) is 67.8 Å². The van der Waals surface area contributed by atoms with Gasteiger partial charge in [-0.25, -0.2) is 0 Å². The molecule has 3 aromatic rings. The Morgan fingerprint density at radius 3 is 1.65 bits per heavy atom. The second-order valence-corrected chi connectivity index (χ2v) is 11.4. The summed E-state index contributed by atoms with van der Waals surface area (Å²) in [4.78, 5) is 0. The Morgan fingerprint density at radius 2 is 1.16 bits per heavy atom. The van der Waals surface area contributed by atoms with E-state index in [0.29, 0.717) is 0 Å². The Hall–Kier alpha value is -2.50. The molecule has 0 amide bonds. The molecule has 3 unspecified atom stereocenters. The van der Waals surface area contributed by atoms with Gasteiger partial charge in [-0.2, -0.15) is 49.2 Å². The van der Waals surface area contributed by atoms with Gasteiger partial charge in [0.2, 0.25) is 0 Å². The summed E-state index contributed by atoms with van der Waals surface area (Å²) in [5, 5.41) is 0. The molecule has 0 nitrogen and oxygen atoms in total. The fraction of sp³-hybridized carbons (Fsp3) is 0.333. The van der Waals surface area contributed by atoms with E-state index in [0.717, 1.165) is 34.8 Å². The number of allylic oxidation sites excluding steroid dienone is 5. The van der Waals surface area contributed by atoms with E-state index in [4.69, 9.17) is 0 Å². The second kappa shape index (κ2) is 24.9. The number of benzene rings is 3. The predicted octanol–water partition coefficient (Wildman–Crippen LogP) is 12.2. The van der Waals surface area contributed by atoms with Crippen molar-refractivity contribution in [2.24, 2.45) is 23.7 Å². The first-order valence-electron chi connectivity index (χ1n) is 15.4. The van der Waals surface area contributed by atoms with Gasteiger partial charge in [-0.15, -0.1) is 30.8 Å². The van der Waals surface area contributed by atoms with Crippen LogP contribution in [0.1, 0.15) is 74.5 Å². The molecule has 0 heterocycles. The fourth-order valence-electron chi connectivity index (χ4n) is 6.01. The molecular weight excluding hydrogens is 596 g/mol. The molecule has 3 atom stereocenters. The van der Waals surface area contributed by atoms with Crippen molar-refractivity contribution >= 4 is 0 Å². The molecule has 2 fully saturated rings. The normalized spacial score (nSPS) is 19.1. The molecule has 3 aliphatic carbocycles. The summed E-state index contributed by atoms with van der Waals surface area (Å²) >= 11 is 0. The number of rotatable bonds is 6. The van der Waals surface area contributed by atoms with E-state index in [1.807, 2.05) is 66.7 Å². The number of fused-ring (bicyclic) bond motifs is 1. The fourth-order valence-corrected chi connectivity index (χ4v) is 6.01. The molecule has 0 saturated heterocycles. The molecule has 43 heavy (non-hydrogen) atoms. The molecule has 3 aromatic carbocycles. The predicted molar refractivity (Wildman–Crippen MR) is 189 cm³/mol. The number of aryl methyl sites for hydroxylation is 1. The van der Waals surface area contributed by atoms with Crippen molar-refractivity contribution in [3.8, 4) is 0 Å². The Bertz CT molecular complexity index is 1060. The van der Waals surface area contributed by atoms with Crippen LogP contribution in [0.2, 0.25) is 0 Å². The van der Waals surface area contributed by atoms with Gasteiger partial charge in [-0.3, -0.25) is 0 Å². The van der Waals surface area contributed by atoms with Crippen LogP contribution >= 0.6 is 0 Å². The molecule has 0 spiro atoms. The van der Waals surface area contributed by atoms with Crippen molar-refractivity contribution in [1.29, 1.82) is 0 Å². The van der Waals surface area contributed by atoms with Crippen molar-refractivity contribution in [1.82, 2.24) is 0 Å². The molecule has 2 saturated carbocycles. The van der Waals surface area contributed by atoms with E-state index in [1.54, 1.807) is 0 Å². The molecule has 3 aliphatic rings. The third kappa shape index (κ3) is 16.8. The van der Waals surface area contributed by atoms with Gasteiger partial charge in [0, 0.05) is 0 Å². The average Bonchev–Trinajstić information content (AvgIpc) is 3.68. The Labute approximate surface area is 285 Å². The molecule has 0 radical (unpaired) electrons. The standard InChI is InChI=1S/C17H20.C9H16.2C7H7.2CH3.Zr/c1-2-6-14(7-3-1)10-11-16-13-12-15-8-4-5-9-17(15)16;1-2-3-6-9-7-4-5-8-9;2*1-7-5-3-2-4-6-7;;;/h1-9,15-17H,10-13H2;2,9H,1,3-8H2;2*2-6H,1H2;2*1H3;/q;;4*-1;+4. The van der Waals surface area contributed by atoms with Crippen molar-refractivity contribution < 1.29 is 26.2 Å². The first-order chi connectivity index (χ1) is 19.7. The third-order valence-corrected chi connectivity index (χ3v) is 8.30. The molecule has 1 heteroatoms. The smallest absolute Gasteiger partial charge is 0.358 e. The summed E-state index contributed by atoms with van der Waals surface area (Å²) in [6.45, 7) is 11.2. The minimum atomic E-state index is 0. The van der Waals surface area contributed by atoms with Crippen LogP contribution in [0.15, 0.2) is 128 Å². The van der Waals surface area contributed by atoms with Crippen molar-refractivity contribution in [3.63, 3.8) is 0 Å². The Kier molecular flexibility index (Phi) is 23.4. The van der Waals surface area contributed by atoms with E-state index in [9.17, 15) is 0 Å². The maximum Gasteiger partial charge on any atom is 4.00 e. The molecule has 228 valence electrons. The maximum absolute atomic E-state index is 3.72. The molecule has 0 bridgehead atoms. The first-order valence-corrected chi connectivity index (χ1v) is 15.4. The van der Waals surface area contributed by atoms with E-state index >= 15 is 0 Å². The van der Waals surface area contributed by atoms with Crippen LogP contribution < -0.4 is 0 Å². The SMILES string of the molecule is C1=CC2CCC(CCc3ccccc3)C2C=C1.C=CCCC1CCCC1.[CH2-]c1ccccc1.[CH2-]c1ccccc1.[CH3-].[CH3-].[Zr+4]. The number of hydrogen-bond donors (Lipinski definition) is 0. The van der Waals surface area contributed by atoms with Crippen molar-refractivity contribution in [2.75, 3.05) is 0 Å². The minimum Gasteiger partial charge on any atom is -0.358 e. The summed E-state index contributed by atoms with van der Waals surface area (Å²) in [5.74, 6) is 3.61. The largest absolute Gasteiger partial charge is 4.00 e. The molecule has 0 N–H and O–H groups in total. The zero-order valence-electron chi connectivity index (χ0n) is 27.0. The van der Waals surface area contributed by atoms with Crippen LogP contribution in [0.5, 0.6) is 0 Å². The summed E-state index contributed by atoms with van der Waals surface area (Å²) in [7, 11) is 0. The second-order valence-electron chi connectivity index (χ2n) is 11.4. The summed E-state index contributed by atoms with van der Waals surface area (Å²) in [5.41, 5.74) is 3.64. The molecular formula is C42H56Zr. The van der Waals surface area contributed by atoms with Gasteiger partial charge in [0.1, 0.15) is 0 Å². The Balaban J connectivity index is 0.000000581. The summed E-state index contributed by atoms with van der Waals surface area (Å²) < 4.78 is 0. The van der Waals surface area contributed by atoms with Crippen LogP contribution in [0, 0.1) is 52.4 Å². The topological polar surface area (TPSA) is 0 Å². The van der Waals surface area contributed by atoms with E-state index in [2.05, 4.69) is 75.1 Å². The molecule has 0 aliphatic heterocycles. The zero-order chi connectivity index (χ0) is 28.3. The van der Waals surface area contributed by atoms with Crippen molar-refractivity contribution in [3.05, 3.63) is 173 Å². The van der Waals surface area contributed by atoms with Crippen LogP contribution in [0.3, 0.4) is 0 Å². The maximum atomic E-state index is 3.72. The summed E-state index contributed by atoms with van der Waals surface area (Å²) in [6.07, 6.45) is 25.3. The van der Waals surface area contributed by atoms with Gasteiger partial charge >= 0.3 is 26.2 Å². The monoisotopic (exact) mass is 650 g/mol. The number of hydrogen-bond acceptors (Lipinski definition) is 0. The van der Waals surface area contributed by atoms with E-state index in [-0.39, 0.29) is 41.1 Å².